The van der Waals surface area contributed by atoms with Crippen LogP contribution in [0.2, 0.25) is 0 Å². The van der Waals surface area contributed by atoms with Crippen molar-refractivity contribution in [1.29, 1.82) is 0 Å². The number of anilines is 1. The van der Waals surface area contributed by atoms with Gasteiger partial charge in [-0.3, -0.25) is 14.5 Å². The highest BCUT2D eigenvalue weighted by molar-refractivity contribution is 5.95. The summed E-state index contributed by atoms with van der Waals surface area (Å²) in [6.45, 7) is 1.61. The third-order valence-electron chi connectivity index (χ3n) is 7.91. The Labute approximate surface area is 203 Å². The molecule has 0 spiro atoms. The molecule has 2 aromatic rings. The van der Waals surface area contributed by atoms with Gasteiger partial charge in [-0.05, 0) is 67.2 Å². The van der Waals surface area contributed by atoms with E-state index < -0.39 is 17.6 Å². The Balaban J connectivity index is 1.03. The Morgan fingerprint density at radius 3 is 2.26 bits per heavy atom. The summed E-state index contributed by atoms with van der Waals surface area (Å²) < 4.78 is 38.5. The smallest absolute Gasteiger partial charge is 0.347 e. The Morgan fingerprint density at radius 1 is 0.914 bits per heavy atom. The van der Waals surface area contributed by atoms with Crippen LogP contribution in [0, 0.1) is 17.8 Å². The Hall–Kier alpha value is -2.87. The Bertz CT molecular complexity index is 1050. The van der Waals surface area contributed by atoms with E-state index in [2.05, 4.69) is 45.9 Å². The molecule has 5 nitrogen and oxygen atoms in total. The second-order valence-corrected chi connectivity index (χ2v) is 10.1. The first kappa shape index (κ1) is 23.9. The number of rotatable bonds is 6. The third kappa shape index (κ3) is 5.37. The number of amides is 2. The molecule has 5 rings (SSSR count). The highest BCUT2D eigenvalue weighted by Crippen LogP contribution is 2.53. The van der Waals surface area contributed by atoms with Gasteiger partial charge in [-0.15, -0.1) is 0 Å². The number of halogens is 3. The molecule has 2 aliphatic carbocycles. The van der Waals surface area contributed by atoms with Crippen LogP contribution in [0.15, 0.2) is 54.6 Å². The van der Waals surface area contributed by atoms with E-state index in [4.69, 9.17) is 0 Å². The van der Waals surface area contributed by atoms with Crippen molar-refractivity contribution in [2.75, 3.05) is 25.0 Å². The SMILES string of the molecule is O=C(CNC(=O)C1C2CN(C3CCC(c4ccccc4)CC3)CC21)Nc1cccc(C(F)(F)F)c1. The maximum absolute atomic E-state index is 12.8. The van der Waals surface area contributed by atoms with Gasteiger partial charge in [0.15, 0.2) is 0 Å². The summed E-state index contributed by atoms with van der Waals surface area (Å²) >= 11 is 0. The fourth-order valence-electron chi connectivity index (χ4n) is 6.01. The van der Waals surface area contributed by atoms with Gasteiger partial charge in [0, 0.05) is 30.7 Å². The lowest BCUT2D eigenvalue weighted by Gasteiger charge is -2.36. The van der Waals surface area contributed by atoms with E-state index in [9.17, 15) is 22.8 Å². The van der Waals surface area contributed by atoms with Crippen molar-refractivity contribution in [3.63, 3.8) is 0 Å². The van der Waals surface area contributed by atoms with Gasteiger partial charge in [0.2, 0.25) is 11.8 Å². The van der Waals surface area contributed by atoms with Crippen LogP contribution < -0.4 is 10.6 Å². The first-order valence-corrected chi connectivity index (χ1v) is 12.3. The number of nitrogens with one attached hydrogen (secondary N) is 2. The van der Waals surface area contributed by atoms with E-state index in [1.54, 1.807) is 0 Å². The van der Waals surface area contributed by atoms with E-state index in [-0.39, 0.29) is 24.1 Å². The minimum absolute atomic E-state index is 0.0555. The van der Waals surface area contributed by atoms with Crippen molar-refractivity contribution in [2.24, 2.45) is 17.8 Å². The van der Waals surface area contributed by atoms with Gasteiger partial charge in [-0.1, -0.05) is 36.4 Å². The fourth-order valence-corrected chi connectivity index (χ4v) is 6.01. The molecule has 2 atom stereocenters. The molecular formula is C27H30F3N3O2. The monoisotopic (exact) mass is 485 g/mol. The molecule has 186 valence electrons. The van der Waals surface area contributed by atoms with Gasteiger partial charge in [-0.25, -0.2) is 0 Å². The average molecular weight is 486 g/mol. The van der Waals surface area contributed by atoms with Crippen molar-refractivity contribution in [2.45, 2.75) is 43.8 Å². The van der Waals surface area contributed by atoms with E-state index in [1.165, 1.54) is 43.4 Å². The normalized spacial score (nSPS) is 28.3. The topological polar surface area (TPSA) is 61.4 Å². The summed E-state index contributed by atoms with van der Waals surface area (Å²) in [5.74, 6) is 0.590. The van der Waals surface area contributed by atoms with Gasteiger partial charge in [0.25, 0.3) is 0 Å². The molecule has 35 heavy (non-hydrogen) atoms. The van der Waals surface area contributed by atoms with Crippen LogP contribution in [-0.2, 0) is 15.8 Å². The molecule has 2 saturated carbocycles. The number of fused-ring (bicyclic) bond motifs is 1. The van der Waals surface area contributed by atoms with Crippen molar-refractivity contribution < 1.29 is 22.8 Å². The summed E-state index contributed by atoms with van der Waals surface area (Å²) in [5.41, 5.74) is 0.660. The van der Waals surface area contributed by atoms with Crippen LogP contribution in [-0.4, -0.2) is 42.4 Å². The Morgan fingerprint density at radius 2 is 1.60 bits per heavy atom. The van der Waals surface area contributed by atoms with Crippen LogP contribution in [0.3, 0.4) is 0 Å². The number of likely N-dealkylation sites (tertiary alicyclic amines) is 1. The highest BCUT2D eigenvalue weighted by Gasteiger charge is 2.60. The second-order valence-electron chi connectivity index (χ2n) is 10.1. The molecule has 2 aromatic carbocycles. The molecule has 3 fully saturated rings. The fraction of sp³-hybridized carbons (Fsp3) is 0.481. The second kappa shape index (κ2) is 9.64. The number of nitrogens with zero attached hydrogens (tertiary/aromatic N) is 1. The minimum Gasteiger partial charge on any atom is -0.347 e. The number of benzene rings is 2. The number of carbonyl (C=O) groups excluding carboxylic acids is 2. The quantitative estimate of drug-likeness (QED) is 0.626. The molecule has 1 heterocycles. The van der Waals surface area contributed by atoms with Gasteiger partial charge in [0.1, 0.15) is 0 Å². The number of hydrogen-bond donors (Lipinski definition) is 2. The summed E-state index contributed by atoms with van der Waals surface area (Å²) in [4.78, 5) is 27.3. The average Bonchev–Trinajstić information content (AvgIpc) is 3.36. The zero-order valence-electron chi connectivity index (χ0n) is 19.4. The molecule has 0 radical (unpaired) electrons. The van der Waals surface area contributed by atoms with Crippen LogP contribution in [0.25, 0.3) is 0 Å². The van der Waals surface area contributed by atoms with E-state index >= 15 is 0 Å². The van der Waals surface area contributed by atoms with Crippen LogP contribution in [0.5, 0.6) is 0 Å². The van der Waals surface area contributed by atoms with Crippen LogP contribution >= 0.6 is 0 Å². The Kier molecular flexibility index (Phi) is 6.57. The molecule has 8 heteroatoms. The summed E-state index contributed by atoms with van der Waals surface area (Å²) in [7, 11) is 0. The molecule has 1 saturated heterocycles. The maximum atomic E-state index is 12.8. The first-order valence-electron chi connectivity index (χ1n) is 12.3. The van der Waals surface area contributed by atoms with Crippen molar-refractivity contribution in [1.82, 2.24) is 10.2 Å². The third-order valence-corrected chi connectivity index (χ3v) is 7.91. The summed E-state index contributed by atoms with van der Waals surface area (Å²) in [5, 5.41) is 5.09. The van der Waals surface area contributed by atoms with Gasteiger partial charge < -0.3 is 10.6 Å². The molecule has 2 N–H and O–H groups in total. The number of carbonyl (C=O) groups is 2. The van der Waals surface area contributed by atoms with Crippen molar-refractivity contribution >= 4 is 17.5 Å². The first-order chi connectivity index (χ1) is 16.8. The van der Waals surface area contributed by atoms with E-state index in [0.717, 1.165) is 25.2 Å². The van der Waals surface area contributed by atoms with Crippen molar-refractivity contribution in [3.8, 4) is 0 Å². The highest BCUT2D eigenvalue weighted by atomic mass is 19.4. The standard InChI is InChI=1S/C27H30F3N3O2/c28-27(29,30)19-7-4-8-20(13-19)32-24(34)14-31-26(35)25-22-15-33(16-23(22)25)21-11-9-18(10-12-21)17-5-2-1-3-6-17/h1-8,13,18,21-23,25H,9-12,14-16H2,(H,31,35)(H,32,34). The number of piperidine rings is 1. The van der Waals surface area contributed by atoms with Crippen LogP contribution in [0.1, 0.15) is 42.7 Å². The number of hydrogen-bond acceptors (Lipinski definition) is 3. The lowest BCUT2D eigenvalue weighted by Crippen LogP contribution is -2.40. The molecule has 0 aromatic heterocycles. The van der Waals surface area contributed by atoms with Gasteiger partial charge in [-0.2, -0.15) is 13.2 Å². The molecule has 1 aliphatic heterocycles. The molecule has 0 bridgehead atoms. The summed E-state index contributed by atoms with van der Waals surface area (Å²) in [6.07, 6.45) is 0.293. The van der Waals surface area contributed by atoms with Gasteiger partial charge in [0.05, 0.1) is 12.1 Å². The zero-order chi connectivity index (χ0) is 24.6. The molecule has 3 aliphatic rings. The molecular weight excluding hydrogens is 455 g/mol. The molecule has 2 unspecified atom stereocenters. The lowest BCUT2D eigenvalue weighted by atomic mass is 9.81. The largest absolute Gasteiger partial charge is 0.416 e. The molecule has 2 amide bonds. The predicted molar refractivity (Wildman–Crippen MR) is 127 cm³/mol. The maximum Gasteiger partial charge on any atom is 0.416 e. The van der Waals surface area contributed by atoms with Crippen molar-refractivity contribution in [3.05, 3.63) is 65.7 Å². The zero-order valence-corrected chi connectivity index (χ0v) is 19.4. The number of alkyl halides is 3. The van der Waals surface area contributed by atoms with Crippen LogP contribution in [0.4, 0.5) is 18.9 Å². The summed E-state index contributed by atoms with van der Waals surface area (Å²) in [6, 6.07) is 15.8. The van der Waals surface area contributed by atoms with Gasteiger partial charge >= 0.3 is 6.18 Å². The predicted octanol–water partition coefficient (Wildman–Crippen LogP) is 4.66. The van der Waals surface area contributed by atoms with E-state index in [0.29, 0.717) is 23.8 Å². The minimum atomic E-state index is -4.48. The van der Waals surface area contributed by atoms with E-state index in [1.807, 2.05) is 0 Å². The lowest BCUT2D eigenvalue weighted by molar-refractivity contribution is -0.137.